The van der Waals surface area contributed by atoms with Gasteiger partial charge in [0.25, 0.3) is 5.91 Å². The maximum absolute atomic E-state index is 11.9. The van der Waals surface area contributed by atoms with E-state index in [1.54, 1.807) is 6.20 Å². The Labute approximate surface area is 120 Å². The van der Waals surface area contributed by atoms with Gasteiger partial charge in [-0.3, -0.25) is 9.78 Å². The van der Waals surface area contributed by atoms with Crippen LogP contribution in [0.25, 0.3) is 0 Å². The number of rotatable bonds is 5. The van der Waals surface area contributed by atoms with Crippen LogP contribution in [-0.2, 0) is 0 Å². The lowest BCUT2D eigenvalue weighted by atomic mass is 10.0. The Morgan fingerprint density at radius 3 is 3.10 bits per heavy atom. The van der Waals surface area contributed by atoms with Gasteiger partial charge in [0.05, 0.1) is 0 Å². The SMILES string of the molecule is CCNC(=O)c1cc(N2CCCCC2CNC)ccn1. The van der Waals surface area contributed by atoms with Crippen molar-refractivity contribution < 1.29 is 4.79 Å². The fourth-order valence-electron chi connectivity index (χ4n) is 2.76. The molecule has 2 rings (SSSR count). The van der Waals surface area contributed by atoms with Crippen LogP contribution in [0.4, 0.5) is 5.69 Å². The number of anilines is 1. The zero-order valence-electron chi connectivity index (χ0n) is 12.4. The van der Waals surface area contributed by atoms with E-state index in [-0.39, 0.29) is 5.91 Å². The van der Waals surface area contributed by atoms with Crippen LogP contribution in [0.3, 0.4) is 0 Å². The van der Waals surface area contributed by atoms with Gasteiger partial charge in [-0.2, -0.15) is 0 Å². The van der Waals surface area contributed by atoms with Gasteiger partial charge in [0.1, 0.15) is 5.69 Å². The molecule has 20 heavy (non-hydrogen) atoms. The predicted molar refractivity (Wildman–Crippen MR) is 81.2 cm³/mol. The molecule has 1 aromatic rings. The lowest BCUT2D eigenvalue weighted by Crippen LogP contribution is -2.45. The molecule has 1 atom stereocenters. The summed E-state index contributed by atoms with van der Waals surface area (Å²) in [4.78, 5) is 18.4. The Hall–Kier alpha value is -1.62. The van der Waals surface area contributed by atoms with Gasteiger partial charge in [-0.15, -0.1) is 0 Å². The average Bonchev–Trinajstić information content (AvgIpc) is 2.48. The van der Waals surface area contributed by atoms with Gasteiger partial charge >= 0.3 is 0 Å². The highest BCUT2D eigenvalue weighted by atomic mass is 16.1. The van der Waals surface area contributed by atoms with Crippen molar-refractivity contribution in [3.8, 4) is 0 Å². The summed E-state index contributed by atoms with van der Waals surface area (Å²) in [6.45, 7) is 4.55. The third kappa shape index (κ3) is 3.48. The number of piperidine rings is 1. The lowest BCUT2D eigenvalue weighted by Gasteiger charge is -2.37. The molecule has 1 amide bonds. The molecule has 1 aliphatic rings. The van der Waals surface area contributed by atoms with E-state index in [1.807, 2.05) is 26.1 Å². The molecule has 1 aromatic heterocycles. The maximum Gasteiger partial charge on any atom is 0.269 e. The zero-order chi connectivity index (χ0) is 14.4. The number of hydrogen-bond donors (Lipinski definition) is 2. The molecule has 2 N–H and O–H groups in total. The topological polar surface area (TPSA) is 57.3 Å². The predicted octanol–water partition coefficient (Wildman–Crippen LogP) is 1.41. The molecule has 0 aliphatic carbocycles. The number of amides is 1. The number of nitrogens with zero attached hydrogens (tertiary/aromatic N) is 2. The monoisotopic (exact) mass is 276 g/mol. The number of pyridine rings is 1. The first-order valence-corrected chi connectivity index (χ1v) is 7.41. The van der Waals surface area contributed by atoms with Crippen LogP contribution in [0.2, 0.25) is 0 Å². The van der Waals surface area contributed by atoms with Crippen LogP contribution >= 0.6 is 0 Å². The summed E-state index contributed by atoms with van der Waals surface area (Å²) in [7, 11) is 1.99. The number of carbonyl (C=O) groups excluding carboxylic acids is 1. The number of hydrogen-bond acceptors (Lipinski definition) is 4. The number of aromatic nitrogens is 1. The molecule has 5 heteroatoms. The molecule has 0 spiro atoms. The van der Waals surface area contributed by atoms with Gasteiger partial charge in [-0.05, 0) is 45.4 Å². The number of nitrogens with one attached hydrogen (secondary N) is 2. The van der Waals surface area contributed by atoms with Gasteiger partial charge in [0.15, 0.2) is 0 Å². The number of likely N-dealkylation sites (N-methyl/N-ethyl adjacent to an activating group) is 1. The van der Waals surface area contributed by atoms with Gasteiger partial charge in [-0.25, -0.2) is 0 Å². The van der Waals surface area contributed by atoms with Gasteiger partial charge in [-0.1, -0.05) is 0 Å². The lowest BCUT2D eigenvalue weighted by molar-refractivity contribution is 0.0951. The summed E-state index contributed by atoms with van der Waals surface area (Å²) in [5, 5.41) is 6.05. The molecule has 0 aromatic carbocycles. The van der Waals surface area contributed by atoms with Crippen LogP contribution in [0, 0.1) is 0 Å². The van der Waals surface area contributed by atoms with Crippen molar-refractivity contribution in [1.82, 2.24) is 15.6 Å². The van der Waals surface area contributed by atoms with Gasteiger partial charge in [0.2, 0.25) is 0 Å². The second kappa shape index (κ2) is 7.24. The molecule has 1 unspecified atom stereocenters. The second-order valence-corrected chi connectivity index (χ2v) is 5.16. The second-order valence-electron chi connectivity index (χ2n) is 5.16. The van der Waals surface area contributed by atoms with Crippen molar-refractivity contribution in [2.75, 3.05) is 31.6 Å². The summed E-state index contributed by atoms with van der Waals surface area (Å²) in [6, 6.07) is 4.40. The molecule has 5 nitrogen and oxygen atoms in total. The molecular weight excluding hydrogens is 252 g/mol. The molecular formula is C15H24N4O. The minimum absolute atomic E-state index is 0.100. The third-order valence-electron chi connectivity index (χ3n) is 3.71. The number of carbonyl (C=O) groups is 1. The fraction of sp³-hybridized carbons (Fsp3) is 0.600. The van der Waals surface area contributed by atoms with Crippen molar-refractivity contribution in [1.29, 1.82) is 0 Å². The van der Waals surface area contributed by atoms with Crippen molar-refractivity contribution in [2.24, 2.45) is 0 Å². The Morgan fingerprint density at radius 2 is 2.35 bits per heavy atom. The van der Waals surface area contributed by atoms with Crippen LogP contribution in [0.1, 0.15) is 36.7 Å². The van der Waals surface area contributed by atoms with E-state index in [2.05, 4.69) is 20.5 Å². The Bertz CT molecular complexity index is 447. The van der Waals surface area contributed by atoms with Gasteiger partial charge in [0, 0.05) is 37.6 Å². The van der Waals surface area contributed by atoms with Crippen molar-refractivity contribution in [3.63, 3.8) is 0 Å². The minimum atomic E-state index is -0.100. The van der Waals surface area contributed by atoms with Crippen LogP contribution in [0.15, 0.2) is 18.3 Å². The van der Waals surface area contributed by atoms with E-state index in [0.717, 1.165) is 18.8 Å². The van der Waals surface area contributed by atoms with Crippen LogP contribution < -0.4 is 15.5 Å². The molecule has 110 valence electrons. The van der Waals surface area contributed by atoms with Crippen molar-refractivity contribution in [2.45, 2.75) is 32.2 Å². The van der Waals surface area contributed by atoms with Crippen LogP contribution in [-0.4, -0.2) is 43.6 Å². The average molecular weight is 276 g/mol. The summed E-state index contributed by atoms with van der Waals surface area (Å²) >= 11 is 0. The van der Waals surface area contributed by atoms with E-state index in [0.29, 0.717) is 18.3 Å². The summed E-state index contributed by atoms with van der Waals surface area (Å²) < 4.78 is 0. The molecule has 1 aliphatic heterocycles. The summed E-state index contributed by atoms with van der Waals surface area (Å²) in [6.07, 6.45) is 5.40. The van der Waals surface area contributed by atoms with E-state index in [9.17, 15) is 4.79 Å². The highest BCUT2D eigenvalue weighted by molar-refractivity contribution is 5.93. The van der Waals surface area contributed by atoms with Crippen molar-refractivity contribution >= 4 is 11.6 Å². The first-order chi connectivity index (χ1) is 9.76. The molecule has 0 bridgehead atoms. The molecule has 0 saturated carbocycles. The van der Waals surface area contributed by atoms with E-state index >= 15 is 0 Å². The summed E-state index contributed by atoms with van der Waals surface area (Å²) in [5.74, 6) is -0.100. The summed E-state index contributed by atoms with van der Waals surface area (Å²) in [5.41, 5.74) is 1.60. The fourth-order valence-corrected chi connectivity index (χ4v) is 2.76. The Balaban J connectivity index is 2.18. The zero-order valence-corrected chi connectivity index (χ0v) is 12.4. The normalized spacial score (nSPS) is 18.9. The first kappa shape index (κ1) is 14.8. The smallest absolute Gasteiger partial charge is 0.269 e. The Kier molecular flexibility index (Phi) is 5.35. The molecule has 2 heterocycles. The van der Waals surface area contributed by atoms with Crippen LogP contribution in [0.5, 0.6) is 0 Å². The maximum atomic E-state index is 11.9. The molecule has 1 fully saturated rings. The minimum Gasteiger partial charge on any atom is -0.367 e. The highest BCUT2D eigenvalue weighted by Gasteiger charge is 2.22. The first-order valence-electron chi connectivity index (χ1n) is 7.41. The quantitative estimate of drug-likeness (QED) is 0.854. The third-order valence-corrected chi connectivity index (χ3v) is 3.71. The highest BCUT2D eigenvalue weighted by Crippen LogP contribution is 2.24. The molecule has 0 radical (unpaired) electrons. The van der Waals surface area contributed by atoms with Crippen molar-refractivity contribution in [3.05, 3.63) is 24.0 Å². The Morgan fingerprint density at radius 1 is 1.50 bits per heavy atom. The largest absolute Gasteiger partial charge is 0.367 e. The standard InChI is InChI=1S/C15H24N4O/c1-3-17-15(20)14-10-12(7-8-18-14)19-9-5-4-6-13(19)11-16-2/h7-8,10,13,16H,3-6,9,11H2,1-2H3,(H,17,20). The van der Waals surface area contributed by atoms with Gasteiger partial charge < -0.3 is 15.5 Å². The van der Waals surface area contributed by atoms with E-state index in [4.69, 9.17) is 0 Å². The van der Waals surface area contributed by atoms with E-state index in [1.165, 1.54) is 19.3 Å². The van der Waals surface area contributed by atoms with E-state index < -0.39 is 0 Å². The molecule has 1 saturated heterocycles.